The normalized spacial score (nSPS) is 34.1. The predicted octanol–water partition coefficient (Wildman–Crippen LogP) is 1.38. The molecule has 0 aromatic rings. The van der Waals surface area contributed by atoms with Crippen LogP contribution in [0.2, 0.25) is 5.82 Å². The highest BCUT2D eigenvalue weighted by atomic mass is 16.6. The molecule has 2 heterocycles. The van der Waals surface area contributed by atoms with E-state index in [1.807, 2.05) is 20.0 Å². The lowest BCUT2D eigenvalue weighted by Crippen LogP contribution is -2.56. The molecule has 3 rings (SSSR count). The SMILES string of the molecule is B[C@@H]1C[C@H]2C(=O)N[C@]3(C(=O)O)C[C@H]3/C=C\CCCCC[C@H](NC(=O)OC(C)(C)C)C(=O)N2C1. The number of ether oxygens (including phenoxy) is 1. The Kier molecular flexibility index (Phi) is 7.44. The van der Waals surface area contributed by atoms with E-state index in [-0.39, 0.29) is 17.6 Å². The summed E-state index contributed by atoms with van der Waals surface area (Å²) in [5.74, 6) is -1.98. The molecule has 0 radical (unpaired) electrons. The Bertz CT molecular complexity index is 826. The fourth-order valence-corrected chi connectivity index (χ4v) is 4.76. The van der Waals surface area contributed by atoms with E-state index in [0.29, 0.717) is 25.8 Å². The minimum Gasteiger partial charge on any atom is -0.479 e. The molecular weight excluding hydrogens is 425 g/mol. The van der Waals surface area contributed by atoms with Crippen LogP contribution in [0.3, 0.4) is 0 Å². The molecule has 1 saturated heterocycles. The van der Waals surface area contributed by atoms with Crippen LogP contribution in [-0.4, -0.2) is 71.5 Å². The molecule has 9 nitrogen and oxygen atoms in total. The van der Waals surface area contributed by atoms with E-state index in [1.165, 1.54) is 4.90 Å². The lowest BCUT2D eigenvalue weighted by atomic mass is 9.85. The average Bonchev–Trinajstić information content (AvgIpc) is 3.25. The molecule has 2 fully saturated rings. The van der Waals surface area contributed by atoms with Crippen LogP contribution in [0.4, 0.5) is 4.79 Å². The summed E-state index contributed by atoms with van der Waals surface area (Å²) in [6.07, 6.45) is 7.75. The van der Waals surface area contributed by atoms with Gasteiger partial charge in [-0.25, -0.2) is 9.59 Å². The summed E-state index contributed by atoms with van der Waals surface area (Å²) >= 11 is 0. The van der Waals surface area contributed by atoms with Gasteiger partial charge in [0.15, 0.2) is 0 Å². The molecule has 0 bridgehead atoms. The van der Waals surface area contributed by atoms with Gasteiger partial charge >= 0.3 is 12.1 Å². The topological polar surface area (TPSA) is 125 Å². The number of rotatable bonds is 2. The first-order valence-electron chi connectivity index (χ1n) is 11.9. The summed E-state index contributed by atoms with van der Waals surface area (Å²) in [5, 5.41) is 15.2. The first kappa shape index (κ1) is 25.1. The number of carbonyl (C=O) groups is 4. The van der Waals surface area contributed by atoms with Crippen molar-refractivity contribution in [1.82, 2.24) is 15.5 Å². The van der Waals surface area contributed by atoms with Crippen molar-refractivity contribution in [2.75, 3.05) is 6.54 Å². The van der Waals surface area contributed by atoms with Crippen LogP contribution in [0.25, 0.3) is 0 Å². The third-order valence-electron chi connectivity index (χ3n) is 6.56. The van der Waals surface area contributed by atoms with Gasteiger partial charge in [-0.15, -0.1) is 0 Å². The maximum Gasteiger partial charge on any atom is 0.408 e. The van der Waals surface area contributed by atoms with E-state index >= 15 is 0 Å². The number of hydrogen-bond acceptors (Lipinski definition) is 5. The standard InChI is InChI=1S/C23H36BN3O6/c1-22(2,3)33-21(32)25-16-10-8-6-4-5-7-9-14-12-23(14,20(30)31)26-18(28)17-11-15(24)13-27(17)19(16)29/h7,9,14-17H,4-6,8,10-13,24H2,1-3H3,(H,25,32)(H,26,28)(H,30,31)/b9-7-/t14-,15-,16+,17+,23-/m1/s1. The first-order chi connectivity index (χ1) is 15.4. The first-order valence-corrected chi connectivity index (χ1v) is 11.9. The number of carboxylic acids is 1. The molecule has 3 aliphatic rings. The van der Waals surface area contributed by atoms with Gasteiger partial charge in [-0.2, -0.15) is 0 Å². The Balaban J connectivity index is 1.83. The number of nitrogens with one attached hydrogen (secondary N) is 2. The maximum absolute atomic E-state index is 13.5. The van der Waals surface area contributed by atoms with Crippen molar-refractivity contribution in [2.24, 2.45) is 5.92 Å². The number of fused-ring (bicyclic) bond motifs is 2. The summed E-state index contributed by atoms with van der Waals surface area (Å²) in [6, 6.07) is -1.56. The molecule has 3 amide bonds. The van der Waals surface area contributed by atoms with Gasteiger partial charge in [0.05, 0.1) is 0 Å². The van der Waals surface area contributed by atoms with Gasteiger partial charge in [-0.3, -0.25) is 9.59 Å². The number of hydrogen-bond donors (Lipinski definition) is 3. The van der Waals surface area contributed by atoms with E-state index in [2.05, 4.69) is 10.6 Å². The summed E-state index contributed by atoms with van der Waals surface area (Å²) in [6.45, 7) is 5.64. The van der Waals surface area contributed by atoms with Gasteiger partial charge in [0.25, 0.3) is 0 Å². The van der Waals surface area contributed by atoms with Crippen LogP contribution in [0.5, 0.6) is 0 Å². The highest BCUT2D eigenvalue weighted by Crippen LogP contribution is 2.45. The van der Waals surface area contributed by atoms with Crippen molar-refractivity contribution in [3.8, 4) is 0 Å². The monoisotopic (exact) mass is 461 g/mol. The van der Waals surface area contributed by atoms with E-state index in [0.717, 1.165) is 25.7 Å². The maximum atomic E-state index is 13.5. The lowest BCUT2D eigenvalue weighted by Gasteiger charge is -2.30. The van der Waals surface area contributed by atoms with Gasteiger partial charge < -0.3 is 25.4 Å². The second-order valence-electron chi connectivity index (χ2n) is 10.7. The van der Waals surface area contributed by atoms with Crippen LogP contribution in [0, 0.1) is 5.92 Å². The molecular formula is C23H36BN3O6. The largest absolute Gasteiger partial charge is 0.479 e. The highest BCUT2D eigenvalue weighted by molar-refractivity contribution is 6.13. The second kappa shape index (κ2) is 9.77. The van der Waals surface area contributed by atoms with Gasteiger partial charge in [0, 0.05) is 12.5 Å². The zero-order chi connectivity index (χ0) is 24.4. The number of aliphatic carboxylic acids is 1. The van der Waals surface area contributed by atoms with E-state index in [9.17, 15) is 24.3 Å². The molecule has 5 atom stereocenters. The van der Waals surface area contributed by atoms with Crippen molar-refractivity contribution in [2.45, 2.75) is 94.8 Å². The fraction of sp³-hybridized carbons (Fsp3) is 0.739. The molecule has 0 aromatic carbocycles. The fourth-order valence-electron chi connectivity index (χ4n) is 4.76. The van der Waals surface area contributed by atoms with Crippen molar-refractivity contribution in [1.29, 1.82) is 0 Å². The van der Waals surface area contributed by atoms with Crippen molar-refractivity contribution >= 4 is 31.7 Å². The van der Waals surface area contributed by atoms with Crippen LogP contribution in [0.15, 0.2) is 12.2 Å². The lowest BCUT2D eigenvalue weighted by molar-refractivity contribution is -0.145. The van der Waals surface area contributed by atoms with Crippen molar-refractivity contribution < 1.29 is 29.0 Å². The average molecular weight is 461 g/mol. The third-order valence-corrected chi connectivity index (χ3v) is 6.56. The number of carbonyl (C=O) groups excluding carboxylic acids is 3. The Morgan fingerprint density at radius 2 is 2.00 bits per heavy atom. The smallest absolute Gasteiger partial charge is 0.408 e. The summed E-state index contributed by atoms with van der Waals surface area (Å²) in [4.78, 5) is 52.6. The number of carboxylic acid groups (broad SMARTS) is 1. The van der Waals surface area contributed by atoms with E-state index < -0.39 is 41.2 Å². The van der Waals surface area contributed by atoms with E-state index in [4.69, 9.17) is 4.74 Å². The van der Waals surface area contributed by atoms with Gasteiger partial charge in [-0.1, -0.05) is 25.0 Å². The Morgan fingerprint density at radius 3 is 2.67 bits per heavy atom. The molecule has 0 spiro atoms. The van der Waals surface area contributed by atoms with Crippen LogP contribution < -0.4 is 10.6 Å². The minimum atomic E-state index is -1.30. The minimum absolute atomic E-state index is 0.0847. The van der Waals surface area contributed by atoms with Gasteiger partial charge in [-0.05, 0) is 58.7 Å². The van der Waals surface area contributed by atoms with Crippen LogP contribution in [-0.2, 0) is 19.1 Å². The Labute approximate surface area is 196 Å². The van der Waals surface area contributed by atoms with Crippen molar-refractivity contribution in [3.63, 3.8) is 0 Å². The molecule has 182 valence electrons. The quantitative estimate of drug-likeness (QED) is 0.422. The number of amides is 3. The molecule has 3 N–H and O–H groups in total. The Hall–Kier alpha value is -2.52. The van der Waals surface area contributed by atoms with Gasteiger partial charge in [0.2, 0.25) is 11.8 Å². The highest BCUT2D eigenvalue weighted by Gasteiger charge is 2.61. The molecule has 0 aromatic heterocycles. The van der Waals surface area contributed by atoms with Crippen molar-refractivity contribution in [3.05, 3.63) is 12.2 Å². The summed E-state index contributed by atoms with van der Waals surface area (Å²) in [7, 11) is 1.96. The molecule has 2 aliphatic heterocycles. The number of allylic oxidation sites excluding steroid dienone is 1. The summed E-state index contributed by atoms with van der Waals surface area (Å²) < 4.78 is 5.35. The molecule has 0 unspecified atom stereocenters. The molecule has 1 saturated carbocycles. The molecule has 10 heteroatoms. The second-order valence-corrected chi connectivity index (χ2v) is 10.7. The Morgan fingerprint density at radius 1 is 1.27 bits per heavy atom. The third kappa shape index (κ3) is 6.09. The number of alkyl carbamates (subject to hydrolysis) is 1. The number of nitrogens with zero attached hydrogens (tertiary/aromatic N) is 1. The summed E-state index contributed by atoms with van der Waals surface area (Å²) in [5.41, 5.74) is -2.00. The zero-order valence-electron chi connectivity index (χ0n) is 20.1. The molecule has 33 heavy (non-hydrogen) atoms. The molecule has 1 aliphatic carbocycles. The van der Waals surface area contributed by atoms with E-state index in [1.54, 1.807) is 20.8 Å². The van der Waals surface area contributed by atoms with Gasteiger partial charge in [0.1, 0.15) is 31.1 Å². The predicted molar refractivity (Wildman–Crippen MR) is 124 cm³/mol. The van der Waals surface area contributed by atoms with Crippen LogP contribution in [0.1, 0.15) is 65.7 Å². The van der Waals surface area contributed by atoms with Crippen LogP contribution >= 0.6 is 0 Å². The zero-order valence-corrected chi connectivity index (χ0v) is 20.1.